The van der Waals surface area contributed by atoms with Gasteiger partial charge in [-0.05, 0) is 75.3 Å². The second-order valence-electron chi connectivity index (χ2n) is 8.13. The second-order valence-corrected chi connectivity index (χ2v) is 8.13. The zero-order chi connectivity index (χ0) is 21.9. The van der Waals surface area contributed by atoms with E-state index in [4.69, 9.17) is 9.72 Å². The Labute approximate surface area is 186 Å². The van der Waals surface area contributed by atoms with E-state index in [1.807, 2.05) is 49.6 Å². The molecule has 1 aliphatic heterocycles. The van der Waals surface area contributed by atoms with E-state index in [9.17, 15) is 4.39 Å². The van der Waals surface area contributed by atoms with E-state index in [0.717, 1.165) is 54.2 Å². The van der Waals surface area contributed by atoms with Crippen LogP contribution in [-0.4, -0.2) is 27.6 Å². The molecule has 0 spiro atoms. The van der Waals surface area contributed by atoms with Gasteiger partial charge in [-0.15, -0.1) is 0 Å². The van der Waals surface area contributed by atoms with Crippen molar-refractivity contribution in [3.05, 3.63) is 84.6 Å². The van der Waals surface area contributed by atoms with Crippen LogP contribution in [0.25, 0.3) is 22.5 Å². The van der Waals surface area contributed by atoms with Crippen LogP contribution >= 0.6 is 0 Å². The standard InChI is InChI=1S/C26H25FN4O/c1-18-2-8-23(9-3-18)32-24-16-20(10-15-29-24)26-25(19-4-6-21(27)7-5-19)30-17-31(26)22-11-13-28-14-12-22/h2-10,15-17,22,28H,11-14H2,1H3. The smallest absolute Gasteiger partial charge is 0.219 e. The summed E-state index contributed by atoms with van der Waals surface area (Å²) >= 11 is 0. The molecular weight excluding hydrogens is 403 g/mol. The number of hydrogen-bond acceptors (Lipinski definition) is 4. The predicted octanol–water partition coefficient (Wildman–Crippen LogP) is 5.78. The van der Waals surface area contributed by atoms with Crippen LogP contribution in [0.5, 0.6) is 11.6 Å². The van der Waals surface area contributed by atoms with Gasteiger partial charge in [-0.3, -0.25) is 0 Å². The first-order chi connectivity index (χ1) is 15.7. The predicted molar refractivity (Wildman–Crippen MR) is 123 cm³/mol. The number of nitrogens with one attached hydrogen (secondary N) is 1. The Kier molecular flexibility index (Phi) is 5.69. The van der Waals surface area contributed by atoms with Crippen molar-refractivity contribution in [2.75, 3.05) is 13.1 Å². The van der Waals surface area contributed by atoms with Gasteiger partial charge >= 0.3 is 0 Å². The van der Waals surface area contributed by atoms with Crippen LogP contribution < -0.4 is 10.1 Å². The third-order valence-electron chi connectivity index (χ3n) is 5.87. The number of aryl methyl sites for hydroxylation is 1. The Morgan fingerprint density at radius 3 is 2.44 bits per heavy atom. The van der Waals surface area contributed by atoms with Gasteiger partial charge < -0.3 is 14.6 Å². The quantitative estimate of drug-likeness (QED) is 0.438. The SMILES string of the molecule is Cc1ccc(Oc2cc(-c3c(-c4ccc(F)cc4)ncn3C3CCNCC3)ccn2)cc1. The summed E-state index contributed by atoms with van der Waals surface area (Å²) in [6.45, 7) is 4.00. The van der Waals surface area contributed by atoms with Gasteiger partial charge in [-0.25, -0.2) is 14.4 Å². The lowest BCUT2D eigenvalue weighted by Gasteiger charge is -2.26. The zero-order valence-corrected chi connectivity index (χ0v) is 18.0. The molecule has 0 radical (unpaired) electrons. The summed E-state index contributed by atoms with van der Waals surface area (Å²) in [5, 5.41) is 3.42. The maximum Gasteiger partial charge on any atom is 0.219 e. The highest BCUT2D eigenvalue weighted by atomic mass is 19.1. The molecule has 4 aromatic rings. The van der Waals surface area contributed by atoms with Gasteiger partial charge in [-0.2, -0.15) is 0 Å². The van der Waals surface area contributed by atoms with Gasteiger partial charge in [0.15, 0.2) is 0 Å². The normalized spacial score (nSPS) is 14.4. The molecule has 5 nitrogen and oxygen atoms in total. The number of nitrogens with zero attached hydrogens (tertiary/aromatic N) is 3. The molecule has 5 rings (SSSR count). The summed E-state index contributed by atoms with van der Waals surface area (Å²) in [6.07, 6.45) is 5.73. The van der Waals surface area contributed by atoms with Crippen molar-refractivity contribution in [3.63, 3.8) is 0 Å². The maximum absolute atomic E-state index is 13.5. The molecule has 2 aromatic heterocycles. The second kappa shape index (κ2) is 8.93. The highest BCUT2D eigenvalue weighted by Gasteiger charge is 2.23. The van der Waals surface area contributed by atoms with Gasteiger partial charge in [0, 0.05) is 29.4 Å². The van der Waals surface area contributed by atoms with Crippen LogP contribution in [0, 0.1) is 12.7 Å². The third kappa shape index (κ3) is 4.27. The summed E-state index contributed by atoms with van der Waals surface area (Å²) < 4.78 is 21.8. The fraction of sp³-hybridized carbons (Fsp3) is 0.231. The molecule has 3 heterocycles. The lowest BCUT2D eigenvalue weighted by atomic mass is 10.0. The Balaban J connectivity index is 1.57. The average molecular weight is 429 g/mol. The van der Waals surface area contributed by atoms with Crippen molar-refractivity contribution in [1.82, 2.24) is 19.9 Å². The molecule has 0 saturated carbocycles. The van der Waals surface area contributed by atoms with Gasteiger partial charge in [0.25, 0.3) is 0 Å². The molecule has 1 aliphatic rings. The lowest BCUT2D eigenvalue weighted by Crippen LogP contribution is -2.29. The first kappa shape index (κ1) is 20.4. The van der Waals surface area contributed by atoms with Crippen LogP contribution in [0.3, 0.4) is 0 Å². The summed E-state index contributed by atoms with van der Waals surface area (Å²) in [5.41, 5.74) is 4.86. The molecule has 162 valence electrons. The first-order valence-electron chi connectivity index (χ1n) is 10.9. The van der Waals surface area contributed by atoms with Crippen molar-refractivity contribution in [1.29, 1.82) is 0 Å². The van der Waals surface area contributed by atoms with Gasteiger partial charge in [-0.1, -0.05) is 17.7 Å². The minimum atomic E-state index is -0.259. The number of aromatic nitrogens is 3. The first-order valence-corrected chi connectivity index (χ1v) is 10.9. The summed E-state index contributed by atoms with van der Waals surface area (Å²) in [5.74, 6) is 1.01. The number of imidazole rings is 1. The molecule has 32 heavy (non-hydrogen) atoms. The molecule has 1 saturated heterocycles. The fourth-order valence-corrected chi connectivity index (χ4v) is 4.17. The largest absolute Gasteiger partial charge is 0.439 e. The molecule has 0 aliphatic carbocycles. The number of ether oxygens (including phenoxy) is 1. The fourth-order valence-electron chi connectivity index (χ4n) is 4.17. The number of benzene rings is 2. The molecule has 6 heteroatoms. The van der Waals surface area contributed by atoms with Crippen LogP contribution in [-0.2, 0) is 0 Å². The van der Waals surface area contributed by atoms with E-state index in [1.54, 1.807) is 18.3 Å². The minimum Gasteiger partial charge on any atom is -0.439 e. The van der Waals surface area contributed by atoms with E-state index in [1.165, 1.54) is 17.7 Å². The van der Waals surface area contributed by atoms with Gasteiger partial charge in [0.2, 0.25) is 5.88 Å². The van der Waals surface area contributed by atoms with Crippen LogP contribution in [0.1, 0.15) is 24.4 Å². The van der Waals surface area contributed by atoms with E-state index in [0.29, 0.717) is 11.9 Å². The monoisotopic (exact) mass is 428 g/mol. The number of piperidine rings is 1. The molecule has 0 bridgehead atoms. The molecule has 0 atom stereocenters. The highest BCUT2D eigenvalue weighted by Crippen LogP contribution is 2.36. The van der Waals surface area contributed by atoms with Gasteiger partial charge in [0.05, 0.1) is 17.7 Å². The van der Waals surface area contributed by atoms with Gasteiger partial charge in [0.1, 0.15) is 11.6 Å². The molecule has 1 fully saturated rings. The molecule has 1 N–H and O–H groups in total. The molecule has 0 unspecified atom stereocenters. The van der Waals surface area contributed by atoms with E-state index < -0.39 is 0 Å². The van der Waals surface area contributed by atoms with Crippen LogP contribution in [0.15, 0.2) is 73.2 Å². The Hall–Kier alpha value is -3.51. The minimum absolute atomic E-state index is 0.259. The Morgan fingerprint density at radius 1 is 0.938 bits per heavy atom. The Morgan fingerprint density at radius 2 is 1.69 bits per heavy atom. The zero-order valence-electron chi connectivity index (χ0n) is 18.0. The van der Waals surface area contributed by atoms with E-state index in [2.05, 4.69) is 14.9 Å². The summed E-state index contributed by atoms with van der Waals surface area (Å²) in [6, 6.07) is 18.7. The maximum atomic E-state index is 13.5. The Bertz CT molecular complexity index is 1200. The average Bonchev–Trinajstić information content (AvgIpc) is 3.27. The van der Waals surface area contributed by atoms with E-state index >= 15 is 0 Å². The van der Waals surface area contributed by atoms with Crippen molar-refractivity contribution < 1.29 is 9.13 Å². The van der Waals surface area contributed by atoms with Crippen LogP contribution in [0.4, 0.5) is 4.39 Å². The number of pyridine rings is 1. The van der Waals surface area contributed by atoms with Crippen molar-refractivity contribution in [3.8, 4) is 34.1 Å². The summed E-state index contributed by atoms with van der Waals surface area (Å²) in [7, 11) is 0. The molecule has 2 aromatic carbocycles. The number of hydrogen-bond donors (Lipinski definition) is 1. The van der Waals surface area contributed by atoms with Crippen molar-refractivity contribution in [2.45, 2.75) is 25.8 Å². The van der Waals surface area contributed by atoms with E-state index in [-0.39, 0.29) is 5.82 Å². The lowest BCUT2D eigenvalue weighted by molar-refractivity contribution is 0.370. The highest BCUT2D eigenvalue weighted by molar-refractivity contribution is 5.79. The third-order valence-corrected chi connectivity index (χ3v) is 5.87. The van der Waals surface area contributed by atoms with Crippen LogP contribution in [0.2, 0.25) is 0 Å². The summed E-state index contributed by atoms with van der Waals surface area (Å²) in [4.78, 5) is 9.16. The topological polar surface area (TPSA) is 52.0 Å². The molecular formula is C26H25FN4O. The number of rotatable bonds is 5. The van der Waals surface area contributed by atoms with Crippen molar-refractivity contribution >= 4 is 0 Å². The number of halogens is 1. The molecule has 0 amide bonds. The van der Waals surface area contributed by atoms with Crippen molar-refractivity contribution in [2.24, 2.45) is 0 Å².